The average Bonchev–Trinajstić information content (AvgIpc) is 3.35. The van der Waals surface area contributed by atoms with E-state index in [2.05, 4.69) is 11.4 Å². The summed E-state index contributed by atoms with van der Waals surface area (Å²) >= 11 is 1.36. The van der Waals surface area contributed by atoms with Crippen LogP contribution >= 0.6 is 11.3 Å². The number of carbonyl (C=O) groups is 4. The third kappa shape index (κ3) is 3.39. The number of ether oxygens (including phenoxy) is 1. The van der Waals surface area contributed by atoms with Gasteiger partial charge < -0.3 is 10.1 Å². The molecule has 8 nitrogen and oxygen atoms in total. The molecule has 2 heterocycles. The number of nitrogens with zero attached hydrogens (tertiary/aromatic N) is 2. The molecule has 1 aliphatic carbocycles. The van der Waals surface area contributed by atoms with E-state index >= 15 is 0 Å². The molecule has 0 unspecified atom stereocenters. The summed E-state index contributed by atoms with van der Waals surface area (Å²) in [5, 5.41) is 12.4. The maximum atomic E-state index is 12.2. The molecule has 0 bridgehead atoms. The number of benzene rings is 1. The first-order valence-corrected chi connectivity index (χ1v) is 9.76. The maximum absolute atomic E-state index is 12.2. The Bertz CT molecular complexity index is 1060. The predicted molar refractivity (Wildman–Crippen MR) is 102 cm³/mol. The van der Waals surface area contributed by atoms with Crippen LogP contribution in [0.15, 0.2) is 24.3 Å². The van der Waals surface area contributed by atoms with Gasteiger partial charge in [-0.2, -0.15) is 5.26 Å². The van der Waals surface area contributed by atoms with Crippen molar-refractivity contribution in [2.24, 2.45) is 0 Å². The minimum atomic E-state index is -0.871. The summed E-state index contributed by atoms with van der Waals surface area (Å²) < 4.78 is 4.91. The molecule has 0 atom stereocenters. The van der Waals surface area contributed by atoms with Gasteiger partial charge in [-0.15, -0.1) is 11.3 Å². The second-order valence-electron chi connectivity index (χ2n) is 6.62. The topological polar surface area (TPSA) is 117 Å². The number of nitrogens with one attached hydrogen (secondary N) is 1. The Morgan fingerprint density at radius 3 is 2.52 bits per heavy atom. The van der Waals surface area contributed by atoms with E-state index in [1.165, 1.54) is 23.5 Å². The number of nitriles is 1. The Morgan fingerprint density at radius 1 is 1.17 bits per heavy atom. The van der Waals surface area contributed by atoms with Gasteiger partial charge in [-0.3, -0.25) is 24.1 Å². The van der Waals surface area contributed by atoms with Gasteiger partial charge >= 0.3 is 5.97 Å². The molecular weight excluding hydrogens is 394 g/mol. The van der Waals surface area contributed by atoms with Gasteiger partial charge in [0.2, 0.25) is 0 Å². The van der Waals surface area contributed by atoms with Crippen molar-refractivity contribution in [1.29, 1.82) is 5.26 Å². The number of anilines is 1. The van der Waals surface area contributed by atoms with E-state index in [9.17, 15) is 24.4 Å². The number of amides is 3. The monoisotopic (exact) mass is 409 g/mol. The van der Waals surface area contributed by atoms with Gasteiger partial charge in [0.05, 0.1) is 16.7 Å². The highest BCUT2D eigenvalue weighted by Gasteiger charge is 2.36. The molecule has 1 aromatic carbocycles. The molecule has 0 fully saturated rings. The van der Waals surface area contributed by atoms with Gasteiger partial charge in [0.1, 0.15) is 17.6 Å². The fourth-order valence-electron chi connectivity index (χ4n) is 3.48. The molecule has 0 radical (unpaired) electrons. The molecule has 3 amide bonds. The predicted octanol–water partition coefficient (Wildman–Crippen LogP) is 1.89. The molecule has 29 heavy (non-hydrogen) atoms. The average molecular weight is 409 g/mol. The van der Waals surface area contributed by atoms with E-state index in [1.807, 2.05) is 0 Å². The zero-order valence-electron chi connectivity index (χ0n) is 15.2. The van der Waals surface area contributed by atoms with Crippen molar-refractivity contribution in [2.45, 2.75) is 19.3 Å². The minimum Gasteiger partial charge on any atom is -0.454 e. The Hall–Kier alpha value is -3.51. The minimum absolute atomic E-state index is 0.234. The molecule has 0 saturated heterocycles. The highest BCUT2D eigenvalue weighted by atomic mass is 32.1. The van der Waals surface area contributed by atoms with Crippen LogP contribution in [0.5, 0.6) is 0 Å². The smallest absolute Gasteiger partial charge is 0.326 e. The van der Waals surface area contributed by atoms with E-state index in [0.29, 0.717) is 10.6 Å². The summed E-state index contributed by atoms with van der Waals surface area (Å²) in [5.41, 5.74) is 1.92. The van der Waals surface area contributed by atoms with Crippen molar-refractivity contribution in [3.8, 4) is 6.07 Å². The summed E-state index contributed by atoms with van der Waals surface area (Å²) in [4.78, 5) is 50.5. The molecule has 1 aromatic heterocycles. The molecule has 1 N–H and O–H groups in total. The van der Waals surface area contributed by atoms with Crippen LogP contribution in [0.2, 0.25) is 0 Å². The summed E-state index contributed by atoms with van der Waals surface area (Å²) in [7, 11) is 0. The zero-order chi connectivity index (χ0) is 20.5. The molecule has 2 aliphatic rings. The van der Waals surface area contributed by atoms with E-state index in [4.69, 9.17) is 4.74 Å². The van der Waals surface area contributed by atoms with Gasteiger partial charge in [-0.25, -0.2) is 0 Å². The van der Waals surface area contributed by atoms with Crippen LogP contribution in [-0.2, 0) is 27.2 Å². The standard InChI is InChI=1S/C20H15N3O5S/c21-8-14-11-6-3-7-15(11)29-18(14)22-16(24)10-28-17(25)9-23-19(26)12-4-1-2-5-13(12)20(23)27/h1-2,4-5H,3,6-7,9-10H2,(H,22,24). The quantitative estimate of drug-likeness (QED) is 0.595. The van der Waals surface area contributed by atoms with Gasteiger partial charge in [0.25, 0.3) is 17.7 Å². The molecule has 1 aliphatic heterocycles. The number of hydrogen-bond donors (Lipinski definition) is 1. The van der Waals surface area contributed by atoms with E-state index in [-0.39, 0.29) is 11.1 Å². The first kappa shape index (κ1) is 18.8. The van der Waals surface area contributed by atoms with Gasteiger partial charge in [-0.05, 0) is 37.0 Å². The first-order chi connectivity index (χ1) is 14.0. The molecule has 0 spiro atoms. The zero-order valence-corrected chi connectivity index (χ0v) is 16.0. The Kier molecular flexibility index (Phi) is 4.86. The summed E-state index contributed by atoms with van der Waals surface area (Å²) in [6.45, 7) is -1.15. The number of aryl methyl sites for hydroxylation is 1. The van der Waals surface area contributed by atoms with Crippen molar-refractivity contribution < 1.29 is 23.9 Å². The fourth-order valence-corrected chi connectivity index (χ4v) is 4.73. The largest absolute Gasteiger partial charge is 0.454 e. The normalized spacial score (nSPS) is 14.4. The third-order valence-electron chi connectivity index (χ3n) is 4.82. The molecule has 9 heteroatoms. The Labute approximate surface area is 169 Å². The van der Waals surface area contributed by atoms with Crippen molar-refractivity contribution in [3.05, 3.63) is 51.4 Å². The number of rotatable bonds is 5. The van der Waals surface area contributed by atoms with Crippen molar-refractivity contribution in [3.63, 3.8) is 0 Å². The SMILES string of the molecule is N#Cc1c(NC(=O)COC(=O)CN2C(=O)c3ccccc3C2=O)sc2c1CCC2. The third-order valence-corrected chi connectivity index (χ3v) is 6.02. The fraction of sp³-hybridized carbons (Fsp3) is 0.250. The lowest BCUT2D eigenvalue weighted by Gasteiger charge is -2.13. The number of esters is 1. The number of carbonyl (C=O) groups excluding carboxylic acids is 4. The van der Waals surface area contributed by atoms with Crippen LogP contribution in [-0.4, -0.2) is 41.7 Å². The van der Waals surface area contributed by atoms with Crippen LogP contribution in [0.4, 0.5) is 5.00 Å². The number of fused-ring (bicyclic) bond motifs is 2. The summed E-state index contributed by atoms with van der Waals surface area (Å²) in [6, 6.07) is 8.41. The molecule has 0 saturated carbocycles. The Morgan fingerprint density at radius 2 is 1.86 bits per heavy atom. The second kappa shape index (κ2) is 7.48. The van der Waals surface area contributed by atoms with E-state index < -0.39 is 36.8 Å². The van der Waals surface area contributed by atoms with E-state index in [0.717, 1.165) is 34.6 Å². The number of hydrogen-bond acceptors (Lipinski definition) is 7. The summed E-state index contributed by atoms with van der Waals surface area (Å²) in [5.74, 6) is -2.60. The van der Waals surface area contributed by atoms with Gasteiger partial charge in [0.15, 0.2) is 6.61 Å². The highest BCUT2D eigenvalue weighted by Crippen LogP contribution is 2.38. The summed E-state index contributed by atoms with van der Waals surface area (Å²) in [6.07, 6.45) is 2.71. The van der Waals surface area contributed by atoms with Crippen molar-refractivity contribution in [1.82, 2.24) is 4.90 Å². The number of imide groups is 1. The Balaban J connectivity index is 1.33. The van der Waals surface area contributed by atoms with Crippen LogP contribution in [0.3, 0.4) is 0 Å². The number of thiophene rings is 1. The van der Waals surface area contributed by atoms with Crippen LogP contribution in [0, 0.1) is 11.3 Å². The molecule has 4 rings (SSSR count). The van der Waals surface area contributed by atoms with Crippen LogP contribution in [0.1, 0.15) is 43.1 Å². The second-order valence-corrected chi connectivity index (χ2v) is 7.73. The lowest BCUT2D eigenvalue weighted by atomic mass is 10.1. The van der Waals surface area contributed by atoms with Gasteiger partial charge in [-0.1, -0.05) is 12.1 Å². The maximum Gasteiger partial charge on any atom is 0.326 e. The lowest BCUT2D eigenvalue weighted by molar-refractivity contribution is -0.147. The van der Waals surface area contributed by atoms with E-state index in [1.54, 1.807) is 12.1 Å². The van der Waals surface area contributed by atoms with Crippen LogP contribution < -0.4 is 5.32 Å². The molecule has 2 aromatic rings. The lowest BCUT2D eigenvalue weighted by Crippen LogP contribution is -2.36. The van der Waals surface area contributed by atoms with Crippen molar-refractivity contribution in [2.75, 3.05) is 18.5 Å². The molecule has 146 valence electrons. The highest BCUT2D eigenvalue weighted by molar-refractivity contribution is 7.16. The van der Waals surface area contributed by atoms with Gasteiger partial charge in [0, 0.05) is 4.88 Å². The first-order valence-electron chi connectivity index (χ1n) is 8.95. The van der Waals surface area contributed by atoms with Crippen molar-refractivity contribution >= 4 is 40.0 Å². The van der Waals surface area contributed by atoms with Crippen LogP contribution in [0.25, 0.3) is 0 Å². The molecular formula is C20H15N3O5S.